The Labute approximate surface area is 141 Å². The highest BCUT2D eigenvalue weighted by atomic mass is 19.1. The van der Waals surface area contributed by atoms with Crippen LogP contribution in [-0.2, 0) is 16.1 Å². The molecule has 2 amide bonds. The third-order valence-electron chi connectivity index (χ3n) is 3.95. The van der Waals surface area contributed by atoms with E-state index in [0.717, 1.165) is 0 Å². The van der Waals surface area contributed by atoms with E-state index < -0.39 is 17.6 Å². The fourth-order valence-electron chi connectivity index (χ4n) is 2.62. The number of hydrogen-bond acceptors (Lipinski definition) is 6. The van der Waals surface area contributed by atoms with Gasteiger partial charge in [-0.05, 0) is 12.1 Å². The molecule has 9 nitrogen and oxygen atoms in total. The molecule has 4 rings (SSSR count). The van der Waals surface area contributed by atoms with Crippen LogP contribution in [-0.4, -0.2) is 59.9 Å². The molecule has 1 aliphatic carbocycles. The Morgan fingerprint density at radius 1 is 1.16 bits per heavy atom. The second-order valence-electron chi connectivity index (χ2n) is 5.57. The first-order valence-electron chi connectivity index (χ1n) is 7.56. The van der Waals surface area contributed by atoms with E-state index in [1.165, 1.54) is 20.7 Å². The topological polar surface area (TPSA) is 97.1 Å². The van der Waals surface area contributed by atoms with Gasteiger partial charge in [-0.3, -0.25) is 14.5 Å². The van der Waals surface area contributed by atoms with E-state index in [0.29, 0.717) is 30.3 Å². The van der Waals surface area contributed by atoms with E-state index in [1.54, 1.807) is 18.3 Å². The first-order valence-corrected chi connectivity index (χ1v) is 7.56. The molecule has 2 aromatic rings. The summed E-state index contributed by atoms with van der Waals surface area (Å²) in [5.74, 6) is -1.22. The van der Waals surface area contributed by atoms with Crippen LogP contribution in [0.3, 0.4) is 0 Å². The summed E-state index contributed by atoms with van der Waals surface area (Å²) in [5, 5.41) is 15.6. The Hall–Kier alpha value is -3.39. The van der Waals surface area contributed by atoms with Crippen LogP contribution in [0.25, 0.3) is 5.82 Å². The van der Waals surface area contributed by atoms with Gasteiger partial charge < -0.3 is 4.90 Å². The Morgan fingerprint density at radius 3 is 2.64 bits per heavy atom. The molecule has 10 heteroatoms. The van der Waals surface area contributed by atoms with E-state index in [-0.39, 0.29) is 13.0 Å². The van der Waals surface area contributed by atoms with Crippen molar-refractivity contribution in [1.29, 1.82) is 0 Å². The molecular formula is C15H12FN7O2. The number of carbonyl (C=O) groups is 2. The molecule has 0 radical (unpaired) electrons. The summed E-state index contributed by atoms with van der Waals surface area (Å²) in [4.78, 5) is 27.1. The maximum Gasteiger partial charge on any atom is 0.316 e. The van der Waals surface area contributed by atoms with Gasteiger partial charge in [-0.15, -0.1) is 10.2 Å². The number of hydrogen-bond donors (Lipinski definition) is 0. The van der Waals surface area contributed by atoms with Crippen molar-refractivity contribution in [3.05, 3.63) is 47.5 Å². The van der Waals surface area contributed by atoms with Crippen LogP contribution in [0.2, 0.25) is 0 Å². The van der Waals surface area contributed by atoms with Crippen LogP contribution < -0.4 is 0 Å². The standard InChI is InChI=1S/C15H12FN7O2/c16-10-7-12(8-10)22-6-5-21(14(24)15(22)25)9-11-1-2-13(19-18-11)23-4-3-17-20-23/h1-4H,5-7,9H2. The molecule has 2 aliphatic rings. The van der Waals surface area contributed by atoms with Gasteiger partial charge in [0.25, 0.3) is 0 Å². The van der Waals surface area contributed by atoms with Crippen LogP contribution in [0.4, 0.5) is 4.39 Å². The van der Waals surface area contributed by atoms with Crippen molar-refractivity contribution >= 4 is 11.8 Å². The Balaban J connectivity index is 1.44. The van der Waals surface area contributed by atoms with Gasteiger partial charge in [0.15, 0.2) is 11.6 Å². The van der Waals surface area contributed by atoms with Crippen molar-refractivity contribution in [2.45, 2.75) is 13.0 Å². The molecule has 2 aromatic heterocycles. The third kappa shape index (κ3) is 2.79. The van der Waals surface area contributed by atoms with Crippen molar-refractivity contribution < 1.29 is 14.0 Å². The van der Waals surface area contributed by atoms with E-state index >= 15 is 0 Å². The Morgan fingerprint density at radius 2 is 2.00 bits per heavy atom. The van der Waals surface area contributed by atoms with E-state index in [4.69, 9.17) is 0 Å². The van der Waals surface area contributed by atoms with Gasteiger partial charge >= 0.3 is 11.8 Å². The maximum absolute atomic E-state index is 12.8. The van der Waals surface area contributed by atoms with Gasteiger partial charge in [0.2, 0.25) is 0 Å². The average molecular weight is 341 g/mol. The highest BCUT2D eigenvalue weighted by Crippen LogP contribution is 2.25. The molecule has 0 bridgehead atoms. The molecule has 1 fully saturated rings. The van der Waals surface area contributed by atoms with Gasteiger partial charge in [0.05, 0.1) is 36.8 Å². The van der Waals surface area contributed by atoms with Crippen molar-refractivity contribution in [2.75, 3.05) is 13.1 Å². The van der Waals surface area contributed by atoms with Gasteiger partial charge in [-0.2, -0.15) is 5.10 Å². The fourth-order valence-corrected chi connectivity index (χ4v) is 2.62. The second kappa shape index (κ2) is 5.91. The Kier molecular flexibility index (Phi) is 3.58. The van der Waals surface area contributed by atoms with Crippen molar-refractivity contribution in [1.82, 2.24) is 35.0 Å². The lowest BCUT2D eigenvalue weighted by molar-refractivity contribution is -0.155. The highest BCUT2D eigenvalue weighted by molar-refractivity contribution is 6.35. The summed E-state index contributed by atoms with van der Waals surface area (Å²) in [7, 11) is 0. The number of rotatable bonds is 4. The molecule has 0 aromatic carbocycles. The smallest absolute Gasteiger partial charge is 0.316 e. The zero-order valence-corrected chi connectivity index (χ0v) is 13.0. The highest BCUT2D eigenvalue weighted by Gasteiger charge is 2.36. The molecular weight excluding hydrogens is 329 g/mol. The number of carbonyl (C=O) groups excluding carboxylic acids is 2. The van der Waals surface area contributed by atoms with E-state index in [1.807, 2.05) is 0 Å². The zero-order chi connectivity index (χ0) is 17.4. The van der Waals surface area contributed by atoms with Crippen LogP contribution in [0, 0.1) is 0 Å². The summed E-state index contributed by atoms with van der Waals surface area (Å²) >= 11 is 0. The van der Waals surface area contributed by atoms with Crippen molar-refractivity contribution in [2.24, 2.45) is 0 Å². The summed E-state index contributed by atoms with van der Waals surface area (Å²) in [5.41, 5.74) is 3.38. The lowest BCUT2D eigenvalue weighted by Gasteiger charge is -2.35. The van der Waals surface area contributed by atoms with Crippen LogP contribution in [0.5, 0.6) is 0 Å². The molecule has 0 atom stereocenters. The second-order valence-corrected chi connectivity index (χ2v) is 5.57. The number of nitrogens with zero attached hydrogens (tertiary/aromatic N) is 7. The van der Waals surface area contributed by atoms with Gasteiger partial charge in [-0.25, -0.2) is 9.07 Å². The summed E-state index contributed by atoms with van der Waals surface area (Å²) in [6.07, 6.45) is 3.21. The average Bonchev–Trinajstić information content (AvgIpc) is 3.12. The van der Waals surface area contributed by atoms with Crippen LogP contribution in [0.15, 0.2) is 41.8 Å². The van der Waals surface area contributed by atoms with Gasteiger partial charge in [0.1, 0.15) is 0 Å². The first-order chi connectivity index (χ1) is 12.1. The SMILES string of the molecule is O=C1C(=O)N(C2=C=C(F)C2)CCN1Cc1ccc(-n2ccnn2)nn1. The monoisotopic (exact) mass is 341 g/mol. The minimum absolute atomic E-state index is 0.0498. The minimum Gasteiger partial charge on any atom is -0.327 e. The number of halogens is 1. The van der Waals surface area contributed by atoms with Crippen LogP contribution in [0.1, 0.15) is 12.1 Å². The third-order valence-corrected chi connectivity index (χ3v) is 3.95. The van der Waals surface area contributed by atoms with Gasteiger partial charge in [-0.1, -0.05) is 10.9 Å². The predicted molar refractivity (Wildman–Crippen MR) is 80.3 cm³/mol. The lowest BCUT2D eigenvalue weighted by atomic mass is 10.1. The van der Waals surface area contributed by atoms with Crippen molar-refractivity contribution in [3.8, 4) is 5.82 Å². The summed E-state index contributed by atoms with van der Waals surface area (Å²) in [6.45, 7) is 0.820. The van der Waals surface area contributed by atoms with Gasteiger partial charge in [0, 0.05) is 13.1 Å². The molecule has 1 saturated heterocycles. The zero-order valence-electron chi connectivity index (χ0n) is 13.0. The molecule has 126 valence electrons. The lowest BCUT2D eigenvalue weighted by Crippen LogP contribution is -2.53. The van der Waals surface area contributed by atoms with E-state index in [9.17, 15) is 14.0 Å². The molecule has 25 heavy (non-hydrogen) atoms. The predicted octanol–water partition coefficient (Wildman–Crippen LogP) is -0.0320. The number of amides is 2. The molecule has 3 heterocycles. The van der Waals surface area contributed by atoms with Crippen molar-refractivity contribution in [3.63, 3.8) is 0 Å². The Bertz CT molecular complexity index is 900. The maximum atomic E-state index is 12.8. The molecule has 0 saturated carbocycles. The number of aromatic nitrogens is 5. The summed E-state index contributed by atoms with van der Waals surface area (Å²) in [6, 6.07) is 3.41. The van der Waals surface area contributed by atoms with Crippen LogP contribution >= 0.6 is 0 Å². The quantitative estimate of drug-likeness (QED) is 0.572. The van der Waals surface area contributed by atoms with E-state index in [2.05, 4.69) is 26.2 Å². The normalized spacial score (nSPS) is 17.3. The number of piperazine rings is 1. The molecule has 0 spiro atoms. The molecule has 1 aliphatic heterocycles. The largest absolute Gasteiger partial charge is 0.327 e. The fraction of sp³-hybridized carbons (Fsp3) is 0.267. The first kappa shape index (κ1) is 15.2. The molecule has 0 unspecified atom stereocenters. The summed E-state index contributed by atoms with van der Waals surface area (Å²) < 4.78 is 14.2. The minimum atomic E-state index is -0.673. The molecule has 0 N–H and O–H groups in total.